The molecular formula is C13H17N3O3. The fourth-order valence-corrected chi connectivity index (χ4v) is 2.10. The molecule has 2 rings (SSSR count). The largest absolute Gasteiger partial charge is 0.480 e. The Kier molecular flexibility index (Phi) is 4.01. The van der Waals surface area contributed by atoms with Gasteiger partial charge in [-0.3, -0.25) is 9.69 Å². The zero-order valence-corrected chi connectivity index (χ0v) is 10.5. The third-order valence-electron chi connectivity index (χ3n) is 3.18. The molecule has 0 aliphatic carbocycles. The second-order valence-electron chi connectivity index (χ2n) is 4.50. The highest BCUT2D eigenvalue weighted by atomic mass is 16.4. The van der Waals surface area contributed by atoms with Crippen molar-refractivity contribution in [1.82, 2.24) is 5.32 Å². The minimum atomic E-state index is -1.05. The number of nitrogens with two attached hydrogens (primary N) is 1. The van der Waals surface area contributed by atoms with Crippen molar-refractivity contribution in [3.63, 3.8) is 0 Å². The Morgan fingerprint density at radius 3 is 2.89 bits per heavy atom. The standard InChI is InChI=1S/C13H17N3O3/c14-10(12(17)18)5-7-15-13(19)16-8-6-9-3-1-2-4-11(9)16/h1-4,10H,5-8,14H2,(H,15,19)(H,17,18)/t10-/m0/s1. The third kappa shape index (κ3) is 3.03. The highest BCUT2D eigenvalue weighted by Gasteiger charge is 2.23. The maximum Gasteiger partial charge on any atom is 0.321 e. The van der Waals surface area contributed by atoms with Crippen molar-refractivity contribution in [2.75, 3.05) is 18.0 Å². The van der Waals surface area contributed by atoms with Crippen LogP contribution >= 0.6 is 0 Å². The molecule has 19 heavy (non-hydrogen) atoms. The van der Waals surface area contributed by atoms with Gasteiger partial charge in [0.05, 0.1) is 0 Å². The number of rotatable bonds is 4. The van der Waals surface area contributed by atoms with E-state index in [2.05, 4.69) is 5.32 Å². The molecule has 1 aromatic carbocycles. The second-order valence-corrected chi connectivity index (χ2v) is 4.50. The topological polar surface area (TPSA) is 95.7 Å². The van der Waals surface area contributed by atoms with Gasteiger partial charge in [-0.15, -0.1) is 0 Å². The van der Waals surface area contributed by atoms with Gasteiger partial charge in [-0.2, -0.15) is 0 Å². The lowest BCUT2D eigenvalue weighted by atomic mass is 10.2. The van der Waals surface area contributed by atoms with Crippen molar-refractivity contribution < 1.29 is 14.7 Å². The number of anilines is 1. The normalized spacial score (nSPS) is 14.9. The summed E-state index contributed by atoms with van der Waals surface area (Å²) in [6.07, 6.45) is 1.06. The number of para-hydroxylation sites is 1. The molecule has 1 aliphatic rings. The Bertz CT molecular complexity index is 490. The summed E-state index contributed by atoms with van der Waals surface area (Å²) in [7, 11) is 0. The van der Waals surface area contributed by atoms with E-state index in [0.717, 1.165) is 17.7 Å². The molecule has 1 aromatic rings. The first-order valence-electron chi connectivity index (χ1n) is 6.21. The van der Waals surface area contributed by atoms with Gasteiger partial charge in [0.15, 0.2) is 0 Å². The fourth-order valence-electron chi connectivity index (χ4n) is 2.10. The van der Waals surface area contributed by atoms with E-state index in [0.29, 0.717) is 6.54 Å². The molecule has 4 N–H and O–H groups in total. The minimum Gasteiger partial charge on any atom is -0.480 e. The highest BCUT2D eigenvalue weighted by molar-refractivity contribution is 5.94. The van der Waals surface area contributed by atoms with E-state index in [1.165, 1.54) is 0 Å². The predicted molar refractivity (Wildman–Crippen MR) is 71.1 cm³/mol. The average Bonchev–Trinajstić information content (AvgIpc) is 2.82. The molecule has 102 valence electrons. The number of benzene rings is 1. The lowest BCUT2D eigenvalue weighted by molar-refractivity contribution is -0.138. The van der Waals surface area contributed by atoms with Crippen LogP contribution < -0.4 is 16.0 Å². The second kappa shape index (κ2) is 5.71. The number of hydrogen-bond donors (Lipinski definition) is 3. The summed E-state index contributed by atoms with van der Waals surface area (Å²) < 4.78 is 0. The lowest BCUT2D eigenvalue weighted by Gasteiger charge is -2.18. The van der Waals surface area contributed by atoms with Crippen LogP contribution in [-0.4, -0.2) is 36.2 Å². The molecule has 0 bridgehead atoms. The van der Waals surface area contributed by atoms with E-state index < -0.39 is 12.0 Å². The Labute approximate surface area is 111 Å². The quantitative estimate of drug-likeness (QED) is 0.739. The molecule has 1 heterocycles. The molecule has 1 aliphatic heterocycles. The van der Waals surface area contributed by atoms with Gasteiger partial charge >= 0.3 is 12.0 Å². The summed E-state index contributed by atoms with van der Waals surface area (Å²) in [6.45, 7) is 0.904. The summed E-state index contributed by atoms with van der Waals surface area (Å²) in [6, 6.07) is 6.61. The fraction of sp³-hybridized carbons (Fsp3) is 0.385. The van der Waals surface area contributed by atoms with Crippen LogP contribution in [-0.2, 0) is 11.2 Å². The number of carboxylic acid groups (broad SMARTS) is 1. The maximum absolute atomic E-state index is 12.0. The molecule has 6 nitrogen and oxygen atoms in total. The van der Waals surface area contributed by atoms with Crippen LogP contribution in [0.3, 0.4) is 0 Å². The van der Waals surface area contributed by atoms with Crippen LogP contribution in [0.2, 0.25) is 0 Å². The summed E-state index contributed by atoms with van der Waals surface area (Å²) in [5.74, 6) is -1.05. The van der Waals surface area contributed by atoms with Crippen molar-refractivity contribution >= 4 is 17.7 Å². The lowest BCUT2D eigenvalue weighted by Crippen LogP contribution is -2.41. The first kappa shape index (κ1) is 13.4. The smallest absolute Gasteiger partial charge is 0.321 e. The van der Waals surface area contributed by atoms with Crippen LogP contribution in [0.4, 0.5) is 10.5 Å². The number of fused-ring (bicyclic) bond motifs is 1. The third-order valence-corrected chi connectivity index (χ3v) is 3.18. The van der Waals surface area contributed by atoms with E-state index in [1.807, 2.05) is 24.3 Å². The number of aliphatic carboxylic acids is 1. The van der Waals surface area contributed by atoms with Crippen LogP contribution in [0, 0.1) is 0 Å². The summed E-state index contributed by atoms with van der Waals surface area (Å²) in [4.78, 5) is 24.2. The number of amides is 2. The van der Waals surface area contributed by atoms with E-state index >= 15 is 0 Å². The van der Waals surface area contributed by atoms with Gasteiger partial charge in [0.1, 0.15) is 6.04 Å². The number of carbonyl (C=O) groups is 2. The molecule has 2 amide bonds. The average molecular weight is 263 g/mol. The zero-order valence-electron chi connectivity index (χ0n) is 10.5. The van der Waals surface area contributed by atoms with Gasteiger partial charge in [0, 0.05) is 18.8 Å². The molecule has 1 atom stereocenters. The number of urea groups is 1. The van der Waals surface area contributed by atoms with Gasteiger partial charge < -0.3 is 16.2 Å². The molecule has 0 unspecified atom stereocenters. The summed E-state index contributed by atoms with van der Waals surface area (Å²) in [5, 5.41) is 11.3. The summed E-state index contributed by atoms with van der Waals surface area (Å²) in [5.41, 5.74) is 7.44. The maximum atomic E-state index is 12.0. The number of nitrogens with one attached hydrogen (secondary N) is 1. The number of hydrogen-bond acceptors (Lipinski definition) is 3. The zero-order chi connectivity index (χ0) is 13.8. The van der Waals surface area contributed by atoms with Crippen LogP contribution in [0.25, 0.3) is 0 Å². The Morgan fingerprint density at radius 2 is 2.16 bits per heavy atom. The molecule has 0 saturated heterocycles. The van der Waals surface area contributed by atoms with E-state index in [4.69, 9.17) is 10.8 Å². The van der Waals surface area contributed by atoms with Crippen LogP contribution in [0.1, 0.15) is 12.0 Å². The van der Waals surface area contributed by atoms with Gasteiger partial charge in [-0.05, 0) is 24.5 Å². The molecule has 0 fully saturated rings. The van der Waals surface area contributed by atoms with Crippen LogP contribution in [0.5, 0.6) is 0 Å². The molecule has 0 spiro atoms. The highest BCUT2D eigenvalue weighted by Crippen LogP contribution is 2.27. The molecule has 6 heteroatoms. The Morgan fingerprint density at radius 1 is 1.42 bits per heavy atom. The SMILES string of the molecule is N[C@@H](CCNC(=O)N1CCc2ccccc21)C(=O)O. The van der Waals surface area contributed by atoms with Gasteiger partial charge in [0.2, 0.25) is 0 Å². The molecule has 0 radical (unpaired) electrons. The number of carbonyl (C=O) groups excluding carboxylic acids is 1. The molecule has 0 saturated carbocycles. The van der Waals surface area contributed by atoms with Gasteiger partial charge in [-0.25, -0.2) is 4.79 Å². The van der Waals surface area contributed by atoms with E-state index in [9.17, 15) is 9.59 Å². The summed E-state index contributed by atoms with van der Waals surface area (Å²) >= 11 is 0. The van der Waals surface area contributed by atoms with E-state index in [1.54, 1.807) is 4.90 Å². The monoisotopic (exact) mass is 263 g/mol. The first-order chi connectivity index (χ1) is 9.09. The Balaban J connectivity index is 1.87. The van der Waals surface area contributed by atoms with Crippen molar-refractivity contribution in [1.29, 1.82) is 0 Å². The Hall–Kier alpha value is -2.08. The van der Waals surface area contributed by atoms with Crippen molar-refractivity contribution in [2.45, 2.75) is 18.9 Å². The van der Waals surface area contributed by atoms with Crippen LogP contribution in [0.15, 0.2) is 24.3 Å². The van der Waals surface area contributed by atoms with Crippen molar-refractivity contribution in [3.8, 4) is 0 Å². The van der Waals surface area contributed by atoms with Gasteiger partial charge in [0.25, 0.3) is 0 Å². The van der Waals surface area contributed by atoms with Crippen molar-refractivity contribution in [3.05, 3.63) is 29.8 Å². The van der Waals surface area contributed by atoms with Gasteiger partial charge in [-0.1, -0.05) is 18.2 Å². The molecule has 0 aromatic heterocycles. The van der Waals surface area contributed by atoms with Crippen molar-refractivity contribution in [2.24, 2.45) is 5.73 Å². The minimum absolute atomic E-state index is 0.206. The predicted octanol–water partition coefficient (Wildman–Crippen LogP) is 0.561. The number of carboxylic acids is 1. The molecular weight excluding hydrogens is 246 g/mol. The number of nitrogens with zero attached hydrogens (tertiary/aromatic N) is 1. The van der Waals surface area contributed by atoms with E-state index in [-0.39, 0.29) is 19.0 Å². The first-order valence-corrected chi connectivity index (χ1v) is 6.21.